The van der Waals surface area contributed by atoms with E-state index in [0.717, 1.165) is 0 Å². The van der Waals surface area contributed by atoms with Crippen molar-refractivity contribution in [2.24, 2.45) is 5.41 Å². The molecule has 3 rings (SSSR count). The summed E-state index contributed by atoms with van der Waals surface area (Å²) < 4.78 is 21.9. The maximum absolute atomic E-state index is 12.8. The highest BCUT2D eigenvalue weighted by atomic mass is 16.5. The maximum atomic E-state index is 12.8. The van der Waals surface area contributed by atoms with Crippen molar-refractivity contribution in [1.82, 2.24) is 0 Å². The second-order valence-electron chi connectivity index (χ2n) is 8.19. The number of nitrogens with one attached hydrogen (secondary N) is 1. The van der Waals surface area contributed by atoms with Gasteiger partial charge < -0.3 is 29.2 Å². The lowest BCUT2D eigenvalue weighted by molar-refractivity contribution is -0.127. The molecule has 2 aromatic carbocycles. The number of hydrogen-bond donors (Lipinski definition) is 1. The molecule has 8 nitrogen and oxygen atoms in total. The Hall–Kier alpha value is -3.68. The molecule has 1 heterocycles. The van der Waals surface area contributed by atoms with E-state index in [-0.39, 0.29) is 18.4 Å². The highest BCUT2D eigenvalue weighted by Gasteiger charge is 2.37. The number of nitrogens with zero attached hydrogens (tertiary/aromatic N) is 1. The van der Waals surface area contributed by atoms with Crippen LogP contribution >= 0.6 is 0 Å². The molecule has 1 aliphatic heterocycles. The van der Waals surface area contributed by atoms with Crippen molar-refractivity contribution >= 4 is 29.3 Å². The van der Waals surface area contributed by atoms with Crippen molar-refractivity contribution in [2.45, 2.75) is 20.8 Å². The molecule has 2 amide bonds. The molecule has 0 aliphatic carbocycles. The fourth-order valence-corrected chi connectivity index (χ4v) is 3.59. The number of amides is 2. The van der Waals surface area contributed by atoms with Gasteiger partial charge in [-0.2, -0.15) is 0 Å². The van der Waals surface area contributed by atoms with Gasteiger partial charge in [0, 0.05) is 24.4 Å². The van der Waals surface area contributed by atoms with Crippen LogP contribution in [0, 0.1) is 5.41 Å². The van der Waals surface area contributed by atoms with Crippen LogP contribution in [0.15, 0.2) is 36.4 Å². The Morgan fingerprint density at radius 3 is 2.36 bits per heavy atom. The summed E-state index contributed by atoms with van der Waals surface area (Å²) in [6.07, 6.45) is 3.07. The number of anilines is 2. The number of rotatable bonds is 7. The first kappa shape index (κ1) is 24.0. The molecular weight excluding hydrogens is 424 g/mol. The summed E-state index contributed by atoms with van der Waals surface area (Å²) in [5.41, 5.74) is 1.33. The SMILES string of the molecule is CCN1C(=O)C(C)(C)COc2cc(NC(=O)/C=C/c3cc(OC)c(OC)c(OC)c3)ccc21. The molecule has 0 atom stereocenters. The van der Waals surface area contributed by atoms with Crippen LogP contribution in [0.4, 0.5) is 11.4 Å². The van der Waals surface area contributed by atoms with E-state index in [1.54, 1.807) is 41.3 Å². The second-order valence-corrected chi connectivity index (χ2v) is 8.19. The summed E-state index contributed by atoms with van der Waals surface area (Å²) in [6.45, 7) is 6.43. The molecule has 1 aliphatic rings. The van der Waals surface area contributed by atoms with Crippen LogP contribution in [0.2, 0.25) is 0 Å². The summed E-state index contributed by atoms with van der Waals surface area (Å²) in [7, 11) is 4.60. The van der Waals surface area contributed by atoms with Crippen molar-refractivity contribution in [3.05, 3.63) is 42.0 Å². The molecule has 0 unspecified atom stereocenters. The number of methoxy groups -OCH3 is 3. The molecule has 33 heavy (non-hydrogen) atoms. The zero-order valence-corrected chi connectivity index (χ0v) is 19.9. The Bertz CT molecular complexity index is 1050. The van der Waals surface area contributed by atoms with E-state index >= 15 is 0 Å². The van der Waals surface area contributed by atoms with E-state index in [1.165, 1.54) is 27.4 Å². The van der Waals surface area contributed by atoms with Gasteiger partial charge in [-0.1, -0.05) is 0 Å². The zero-order chi connectivity index (χ0) is 24.2. The van der Waals surface area contributed by atoms with Gasteiger partial charge in [0.1, 0.15) is 12.4 Å². The van der Waals surface area contributed by atoms with Crippen molar-refractivity contribution < 1.29 is 28.5 Å². The molecule has 176 valence electrons. The molecule has 1 N–H and O–H groups in total. The first-order valence-corrected chi connectivity index (χ1v) is 10.6. The largest absolute Gasteiger partial charge is 0.493 e. The van der Waals surface area contributed by atoms with E-state index in [9.17, 15) is 9.59 Å². The zero-order valence-electron chi connectivity index (χ0n) is 19.9. The lowest BCUT2D eigenvalue weighted by Crippen LogP contribution is -2.42. The molecule has 8 heteroatoms. The number of fused-ring (bicyclic) bond motifs is 1. The number of hydrogen-bond acceptors (Lipinski definition) is 6. The van der Waals surface area contributed by atoms with Gasteiger partial charge in [0.15, 0.2) is 11.5 Å². The van der Waals surface area contributed by atoms with Crippen molar-refractivity contribution in [3.8, 4) is 23.0 Å². The highest BCUT2D eigenvalue weighted by Crippen LogP contribution is 2.39. The van der Waals surface area contributed by atoms with Gasteiger partial charge >= 0.3 is 0 Å². The van der Waals surface area contributed by atoms with E-state index in [1.807, 2.05) is 20.8 Å². The van der Waals surface area contributed by atoms with E-state index in [2.05, 4.69) is 5.32 Å². The number of carbonyl (C=O) groups excluding carboxylic acids is 2. The van der Waals surface area contributed by atoms with Gasteiger partial charge in [-0.05, 0) is 56.7 Å². The maximum Gasteiger partial charge on any atom is 0.248 e. The average Bonchev–Trinajstić information content (AvgIpc) is 2.90. The lowest BCUT2D eigenvalue weighted by Gasteiger charge is -2.26. The first-order chi connectivity index (χ1) is 15.7. The number of benzene rings is 2. The Morgan fingerprint density at radius 2 is 1.79 bits per heavy atom. The normalized spacial score (nSPS) is 14.8. The van der Waals surface area contributed by atoms with Crippen molar-refractivity contribution in [2.75, 3.05) is 44.7 Å². The smallest absolute Gasteiger partial charge is 0.248 e. The summed E-state index contributed by atoms with van der Waals surface area (Å²) in [6, 6.07) is 8.77. The standard InChI is InChI=1S/C25H30N2O6/c1-7-27-18-10-9-17(14-19(18)33-15-25(2,3)24(27)29)26-22(28)11-8-16-12-20(30-4)23(32-6)21(13-16)31-5/h8-14H,7,15H2,1-6H3,(H,26,28)/b11-8+. The van der Waals surface area contributed by atoms with Gasteiger partial charge in [-0.25, -0.2) is 0 Å². The molecule has 2 aromatic rings. The molecule has 0 bridgehead atoms. The third kappa shape index (κ3) is 5.05. The van der Waals surface area contributed by atoms with Crippen LogP contribution in [0.3, 0.4) is 0 Å². The van der Waals surface area contributed by atoms with E-state index < -0.39 is 5.41 Å². The quantitative estimate of drug-likeness (QED) is 0.633. The van der Waals surface area contributed by atoms with Crippen molar-refractivity contribution in [3.63, 3.8) is 0 Å². The van der Waals surface area contributed by atoms with Gasteiger partial charge in [-0.3, -0.25) is 9.59 Å². The molecule has 0 aromatic heterocycles. The second kappa shape index (κ2) is 9.85. The molecule has 0 saturated carbocycles. The monoisotopic (exact) mass is 454 g/mol. The summed E-state index contributed by atoms with van der Waals surface area (Å²) >= 11 is 0. The Morgan fingerprint density at radius 1 is 1.12 bits per heavy atom. The molecule has 0 saturated heterocycles. The summed E-state index contributed by atoms with van der Waals surface area (Å²) in [4.78, 5) is 27.1. The third-order valence-electron chi connectivity index (χ3n) is 5.36. The Balaban J connectivity index is 1.79. The van der Waals surface area contributed by atoms with Crippen molar-refractivity contribution in [1.29, 1.82) is 0 Å². The molecule has 0 spiro atoms. The van der Waals surface area contributed by atoms with Crippen LogP contribution < -0.4 is 29.2 Å². The van der Waals surface area contributed by atoms with Gasteiger partial charge in [0.05, 0.1) is 32.4 Å². The third-order valence-corrected chi connectivity index (χ3v) is 5.36. The highest BCUT2D eigenvalue weighted by molar-refractivity contribution is 6.03. The van der Waals surface area contributed by atoms with Crippen LogP contribution in [0.25, 0.3) is 6.08 Å². The lowest BCUT2D eigenvalue weighted by atomic mass is 9.93. The minimum atomic E-state index is -0.637. The van der Waals surface area contributed by atoms with Gasteiger partial charge in [0.2, 0.25) is 17.6 Å². The van der Waals surface area contributed by atoms with E-state index in [4.69, 9.17) is 18.9 Å². The van der Waals surface area contributed by atoms with Crippen LogP contribution in [-0.4, -0.2) is 46.3 Å². The number of carbonyl (C=O) groups is 2. The van der Waals surface area contributed by atoms with Gasteiger partial charge in [-0.15, -0.1) is 0 Å². The molecule has 0 fully saturated rings. The summed E-state index contributed by atoms with van der Waals surface area (Å²) in [5, 5.41) is 2.83. The van der Waals surface area contributed by atoms with Crippen LogP contribution in [0.5, 0.6) is 23.0 Å². The minimum absolute atomic E-state index is 0.00816. The summed E-state index contributed by atoms with van der Waals surface area (Å²) in [5.74, 6) is 1.72. The fourth-order valence-electron chi connectivity index (χ4n) is 3.59. The minimum Gasteiger partial charge on any atom is -0.493 e. The first-order valence-electron chi connectivity index (χ1n) is 10.6. The Kier molecular flexibility index (Phi) is 7.16. The average molecular weight is 455 g/mol. The molecule has 0 radical (unpaired) electrons. The predicted octanol–water partition coefficient (Wildman–Crippen LogP) is 4.14. The van der Waals surface area contributed by atoms with Gasteiger partial charge in [0.25, 0.3) is 0 Å². The fraction of sp³-hybridized carbons (Fsp3) is 0.360. The molecular formula is C25H30N2O6. The predicted molar refractivity (Wildman–Crippen MR) is 128 cm³/mol. The van der Waals surface area contributed by atoms with E-state index in [0.29, 0.717) is 46.5 Å². The van der Waals surface area contributed by atoms with Crippen LogP contribution in [0.1, 0.15) is 26.3 Å². The number of ether oxygens (including phenoxy) is 4. The topological polar surface area (TPSA) is 86.3 Å². The Labute approximate surface area is 194 Å². The van der Waals surface area contributed by atoms with Crippen LogP contribution in [-0.2, 0) is 9.59 Å².